The third-order valence-corrected chi connectivity index (χ3v) is 3.25. The van der Waals surface area contributed by atoms with Gasteiger partial charge in [0.05, 0.1) is 12.6 Å². The van der Waals surface area contributed by atoms with Crippen molar-refractivity contribution >= 4 is 11.0 Å². The zero-order chi connectivity index (χ0) is 13.7. The van der Waals surface area contributed by atoms with E-state index in [2.05, 4.69) is 31.3 Å². The van der Waals surface area contributed by atoms with Crippen molar-refractivity contribution in [2.24, 2.45) is 0 Å². The maximum atomic E-state index is 5.92. The Morgan fingerprint density at radius 3 is 2.74 bits per heavy atom. The highest BCUT2D eigenvalue weighted by atomic mass is 16.5. The van der Waals surface area contributed by atoms with Crippen LogP contribution in [-0.2, 0) is 0 Å². The Kier molecular flexibility index (Phi) is 4.86. The smallest absolute Gasteiger partial charge is 0.134 e. The predicted molar refractivity (Wildman–Crippen MR) is 78.7 cm³/mol. The molecule has 0 aliphatic rings. The van der Waals surface area contributed by atoms with Crippen LogP contribution in [0.4, 0.5) is 0 Å². The van der Waals surface area contributed by atoms with Crippen molar-refractivity contribution in [2.75, 3.05) is 13.7 Å². The van der Waals surface area contributed by atoms with Gasteiger partial charge in [0, 0.05) is 5.39 Å². The Labute approximate surface area is 114 Å². The van der Waals surface area contributed by atoms with E-state index in [4.69, 9.17) is 9.15 Å². The van der Waals surface area contributed by atoms with Gasteiger partial charge in [0.25, 0.3) is 0 Å². The summed E-state index contributed by atoms with van der Waals surface area (Å²) in [6, 6.07) is 8.42. The normalized spacial score (nSPS) is 12.8. The minimum atomic E-state index is 0.289. The van der Waals surface area contributed by atoms with Crippen LogP contribution in [0.1, 0.15) is 44.9 Å². The van der Waals surface area contributed by atoms with Crippen molar-refractivity contribution < 1.29 is 9.15 Å². The molecule has 1 aromatic carbocycles. The molecule has 1 unspecified atom stereocenters. The molecule has 1 aromatic heterocycles. The first-order valence-corrected chi connectivity index (χ1v) is 7.12. The van der Waals surface area contributed by atoms with Crippen LogP contribution >= 0.6 is 0 Å². The third-order valence-electron chi connectivity index (χ3n) is 3.25. The molecule has 0 bridgehead atoms. The van der Waals surface area contributed by atoms with E-state index in [1.165, 1.54) is 0 Å². The van der Waals surface area contributed by atoms with E-state index in [0.717, 1.165) is 48.3 Å². The molecule has 104 valence electrons. The molecule has 0 amide bonds. The van der Waals surface area contributed by atoms with Crippen molar-refractivity contribution in [3.63, 3.8) is 0 Å². The van der Waals surface area contributed by atoms with Crippen molar-refractivity contribution in [2.45, 2.75) is 39.2 Å². The molecular formula is C16H23NO2. The monoisotopic (exact) mass is 261 g/mol. The lowest BCUT2D eigenvalue weighted by atomic mass is 10.1. The van der Waals surface area contributed by atoms with Crippen LogP contribution in [0.5, 0.6) is 5.75 Å². The molecule has 1 atom stereocenters. The summed E-state index contributed by atoms with van der Waals surface area (Å²) in [5.41, 5.74) is 0.926. The fraction of sp³-hybridized carbons (Fsp3) is 0.500. The summed E-state index contributed by atoms with van der Waals surface area (Å²) in [6.07, 6.45) is 3.23. The van der Waals surface area contributed by atoms with Gasteiger partial charge in [-0.2, -0.15) is 0 Å². The fourth-order valence-corrected chi connectivity index (χ4v) is 2.24. The Bertz CT molecular complexity index is 518. The lowest BCUT2D eigenvalue weighted by molar-refractivity contribution is 0.318. The van der Waals surface area contributed by atoms with E-state index in [1.54, 1.807) is 0 Å². The Hall–Kier alpha value is -1.48. The van der Waals surface area contributed by atoms with Crippen LogP contribution in [0.2, 0.25) is 0 Å². The highest BCUT2D eigenvalue weighted by molar-refractivity contribution is 5.79. The number of rotatable bonds is 7. The minimum Gasteiger partial charge on any atom is -0.494 e. The van der Waals surface area contributed by atoms with Gasteiger partial charge in [0.1, 0.15) is 17.1 Å². The number of nitrogens with one attached hydrogen (secondary N) is 1. The average Bonchev–Trinajstić information content (AvgIpc) is 2.85. The van der Waals surface area contributed by atoms with Gasteiger partial charge in [0.15, 0.2) is 0 Å². The zero-order valence-corrected chi connectivity index (χ0v) is 12.0. The van der Waals surface area contributed by atoms with Crippen LogP contribution in [0.3, 0.4) is 0 Å². The van der Waals surface area contributed by atoms with E-state index >= 15 is 0 Å². The summed E-state index contributed by atoms with van der Waals surface area (Å²) in [7, 11) is 1.98. The molecule has 0 aliphatic carbocycles. The van der Waals surface area contributed by atoms with Gasteiger partial charge in [-0.15, -0.1) is 0 Å². The molecule has 0 fully saturated rings. The maximum absolute atomic E-state index is 5.92. The van der Waals surface area contributed by atoms with Crippen molar-refractivity contribution in [1.82, 2.24) is 5.32 Å². The highest BCUT2D eigenvalue weighted by Gasteiger charge is 2.13. The average molecular weight is 261 g/mol. The fourth-order valence-electron chi connectivity index (χ4n) is 2.24. The Morgan fingerprint density at radius 1 is 1.21 bits per heavy atom. The summed E-state index contributed by atoms with van der Waals surface area (Å²) in [6.45, 7) is 5.05. The van der Waals surface area contributed by atoms with Gasteiger partial charge >= 0.3 is 0 Å². The summed E-state index contributed by atoms with van der Waals surface area (Å²) < 4.78 is 11.6. The number of fused-ring (bicyclic) bond motifs is 1. The van der Waals surface area contributed by atoms with Crippen LogP contribution in [0, 0.1) is 0 Å². The molecule has 0 aliphatic heterocycles. The number of ether oxygens (including phenoxy) is 1. The molecule has 1 heterocycles. The summed E-state index contributed by atoms with van der Waals surface area (Å²) in [4.78, 5) is 0. The third kappa shape index (κ3) is 3.29. The van der Waals surface area contributed by atoms with Crippen LogP contribution in [0.15, 0.2) is 28.7 Å². The number of benzene rings is 1. The van der Waals surface area contributed by atoms with E-state index in [-0.39, 0.29) is 6.04 Å². The van der Waals surface area contributed by atoms with Crippen LogP contribution in [-0.4, -0.2) is 13.7 Å². The predicted octanol–water partition coefficient (Wildman–Crippen LogP) is 4.28. The summed E-state index contributed by atoms with van der Waals surface area (Å²) in [5, 5.41) is 4.42. The molecule has 0 saturated heterocycles. The second-order valence-corrected chi connectivity index (χ2v) is 4.83. The van der Waals surface area contributed by atoms with Crippen molar-refractivity contribution in [3.05, 3.63) is 30.0 Å². The highest BCUT2D eigenvalue weighted by Crippen LogP contribution is 2.29. The van der Waals surface area contributed by atoms with Gasteiger partial charge in [-0.1, -0.05) is 20.3 Å². The molecule has 2 rings (SSSR count). The quantitative estimate of drug-likeness (QED) is 0.807. The van der Waals surface area contributed by atoms with Crippen molar-refractivity contribution in [3.8, 4) is 5.75 Å². The minimum absolute atomic E-state index is 0.289. The van der Waals surface area contributed by atoms with Crippen LogP contribution in [0.25, 0.3) is 11.0 Å². The molecule has 3 nitrogen and oxygen atoms in total. The zero-order valence-electron chi connectivity index (χ0n) is 12.0. The lowest BCUT2D eigenvalue weighted by Gasteiger charge is -2.11. The number of hydrogen-bond acceptors (Lipinski definition) is 3. The number of hydrogen-bond donors (Lipinski definition) is 1. The second kappa shape index (κ2) is 6.62. The van der Waals surface area contributed by atoms with Gasteiger partial charge in [0.2, 0.25) is 0 Å². The Balaban J connectivity index is 2.24. The molecule has 1 N–H and O–H groups in total. The van der Waals surface area contributed by atoms with E-state index in [1.807, 2.05) is 19.2 Å². The molecular weight excluding hydrogens is 238 g/mol. The SMILES string of the molecule is CCCOc1ccc2oc(C(CCC)NC)cc2c1. The van der Waals surface area contributed by atoms with Gasteiger partial charge in [-0.05, 0) is 44.2 Å². The first-order valence-electron chi connectivity index (χ1n) is 7.12. The standard InChI is InChI=1S/C16H23NO2/c1-4-6-14(17-3)16-11-12-10-13(18-9-5-2)7-8-15(12)19-16/h7-8,10-11,14,17H,4-6,9H2,1-3H3. The molecule has 0 saturated carbocycles. The first kappa shape index (κ1) is 13.9. The molecule has 2 aromatic rings. The van der Waals surface area contributed by atoms with Crippen LogP contribution < -0.4 is 10.1 Å². The second-order valence-electron chi connectivity index (χ2n) is 4.83. The largest absolute Gasteiger partial charge is 0.494 e. The first-order chi connectivity index (χ1) is 9.28. The van der Waals surface area contributed by atoms with Gasteiger partial charge in [-0.3, -0.25) is 0 Å². The van der Waals surface area contributed by atoms with Gasteiger partial charge < -0.3 is 14.5 Å². The van der Waals surface area contributed by atoms with E-state index < -0.39 is 0 Å². The molecule has 0 spiro atoms. The molecule has 19 heavy (non-hydrogen) atoms. The number of furan rings is 1. The summed E-state index contributed by atoms with van der Waals surface area (Å²) >= 11 is 0. The summed E-state index contributed by atoms with van der Waals surface area (Å²) in [5.74, 6) is 1.92. The topological polar surface area (TPSA) is 34.4 Å². The lowest BCUT2D eigenvalue weighted by Crippen LogP contribution is -2.15. The maximum Gasteiger partial charge on any atom is 0.134 e. The van der Waals surface area contributed by atoms with Crippen molar-refractivity contribution in [1.29, 1.82) is 0 Å². The molecule has 0 radical (unpaired) electrons. The Morgan fingerprint density at radius 2 is 2.05 bits per heavy atom. The van der Waals surface area contributed by atoms with E-state index in [0.29, 0.717) is 0 Å². The van der Waals surface area contributed by atoms with Gasteiger partial charge in [-0.25, -0.2) is 0 Å². The molecule has 3 heteroatoms. The van der Waals surface area contributed by atoms with E-state index in [9.17, 15) is 0 Å².